The highest BCUT2D eigenvalue weighted by Crippen LogP contribution is 2.25. The molecule has 1 aromatic rings. The minimum absolute atomic E-state index is 0.690. The number of hydrogen-bond acceptors (Lipinski definition) is 4. The fourth-order valence-corrected chi connectivity index (χ4v) is 1.20. The number of hydrogen-bond donors (Lipinski definition) is 2. The summed E-state index contributed by atoms with van der Waals surface area (Å²) in [5, 5.41) is 0. The van der Waals surface area contributed by atoms with Crippen LogP contribution in [0, 0.1) is 0 Å². The average molecular weight is 210 g/mol. The maximum absolute atomic E-state index is 4.32. The maximum Gasteiger partial charge on any atom is 0.0949 e. The number of rotatable bonds is 2. The molecule has 1 heterocycles. The van der Waals surface area contributed by atoms with Crippen molar-refractivity contribution in [3.8, 4) is 0 Å². The highest BCUT2D eigenvalue weighted by Gasteiger charge is 2.03. The first-order chi connectivity index (χ1) is 6.13. The van der Waals surface area contributed by atoms with E-state index in [1.165, 1.54) is 0 Å². The van der Waals surface area contributed by atoms with Crippen LogP contribution in [0.2, 0.25) is 0 Å². The Morgan fingerprint density at radius 3 is 2.54 bits per heavy atom. The monoisotopic (exact) mass is 210 g/mol. The van der Waals surface area contributed by atoms with Crippen molar-refractivity contribution in [1.82, 2.24) is 9.97 Å². The lowest BCUT2D eigenvalue weighted by Gasteiger charge is -2.04. The van der Waals surface area contributed by atoms with Crippen molar-refractivity contribution in [2.75, 3.05) is 0 Å². The van der Waals surface area contributed by atoms with E-state index >= 15 is 0 Å². The summed E-state index contributed by atoms with van der Waals surface area (Å²) < 4.78 is 0. The fourth-order valence-electron chi connectivity index (χ4n) is 0.750. The SMILES string of the molecule is C=C(S)/C(C)=C(\S)c1cnccn1. The lowest BCUT2D eigenvalue weighted by Crippen LogP contribution is -1.88. The predicted molar refractivity (Wildman–Crippen MR) is 61.7 cm³/mol. The van der Waals surface area contributed by atoms with E-state index in [-0.39, 0.29) is 0 Å². The molecule has 0 unspecified atom stereocenters. The summed E-state index contributed by atoms with van der Waals surface area (Å²) in [5.74, 6) is 0. The Balaban J connectivity index is 3.11. The minimum Gasteiger partial charge on any atom is -0.261 e. The third-order valence-electron chi connectivity index (χ3n) is 1.59. The summed E-state index contributed by atoms with van der Waals surface area (Å²) >= 11 is 8.45. The number of allylic oxidation sites excluding steroid dienone is 1. The van der Waals surface area contributed by atoms with E-state index in [1.54, 1.807) is 18.6 Å². The molecule has 13 heavy (non-hydrogen) atoms. The van der Waals surface area contributed by atoms with Crippen LogP contribution in [-0.4, -0.2) is 9.97 Å². The van der Waals surface area contributed by atoms with Crippen molar-refractivity contribution in [3.63, 3.8) is 0 Å². The average Bonchev–Trinajstić information content (AvgIpc) is 2.17. The Kier molecular flexibility index (Phi) is 3.57. The molecule has 0 radical (unpaired) electrons. The van der Waals surface area contributed by atoms with Crippen LogP contribution in [0.25, 0.3) is 4.91 Å². The zero-order valence-corrected chi connectivity index (χ0v) is 9.02. The van der Waals surface area contributed by atoms with Gasteiger partial charge in [-0.25, -0.2) is 0 Å². The van der Waals surface area contributed by atoms with E-state index < -0.39 is 0 Å². The second-order valence-electron chi connectivity index (χ2n) is 2.51. The first-order valence-electron chi connectivity index (χ1n) is 3.67. The minimum atomic E-state index is 0.690. The highest BCUT2D eigenvalue weighted by molar-refractivity contribution is 7.90. The van der Waals surface area contributed by atoms with Gasteiger partial charge in [-0.15, -0.1) is 25.3 Å². The summed E-state index contributed by atoms with van der Waals surface area (Å²) in [5.41, 5.74) is 1.64. The van der Waals surface area contributed by atoms with E-state index in [2.05, 4.69) is 41.8 Å². The molecule has 4 heteroatoms. The van der Waals surface area contributed by atoms with Gasteiger partial charge in [0.05, 0.1) is 11.9 Å². The van der Waals surface area contributed by atoms with Gasteiger partial charge in [0.2, 0.25) is 0 Å². The number of thiol groups is 2. The molecule has 0 aliphatic rings. The summed E-state index contributed by atoms with van der Waals surface area (Å²) in [7, 11) is 0. The van der Waals surface area contributed by atoms with Crippen molar-refractivity contribution < 1.29 is 0 Å². The third kappa shape index (κ3) is 2.60. The quantitative estimate of drug-likeness (QED) is 0.579. The normalized spacial score (nSPS) is 12.2. The zero-order valence-electron chi connectivity index (χ0n) is 7.23. The lowest BCUT2D eigenvalue weighted by molar-refractivity contribution is 1.17. The van der Waals surface area contributed by atoms with Crippen molar-refractivity contribution in [2.45, 2.75) is 6.92 Å². The van der Waals surface area contributed by atoms with Crippen LogP contribution in [0.1, 0.15) is 12.6 Å². The van der Waals surface area contributed by atoms with Crippen LogP contribution in [0.4, 0.5) is 0 Å². The van der Waals surface area contributed by atoms with Gasteiger partial charge in [-0.2, -0.15) is 0 Å². The Morgan fingerprint density at radius 2 is 2.08 bits per heavy atom. The maximum atomic E-state index is 4.32. The number of nitrogens with zero attached hydrogens (tertiary/aromatic N) is 2. The van der Waals surface area contributed by atoms with Gasteiger partial charge in [-0.3, -0.25) is 9.97 Å². The summed E-state index contributed by atoms with van der Waals surface area (Å²) in [4.78, 5) is 9.51. The molecule has 0 aromatic carbocycles. The van der Waals surface area contributed by atoms with Crippen LogP contribution in [0.5, 0.6) is 0 Å². The fraction of sp³-hybridized carbons (Fsp3) is 0.111. The smallest absolute Gasteiger partial charge is 0.0949 e. The van der Waals surface area contributed by atoms with Gasteiger partial charge in [0.25, 0.3) is 0 Å². The van der Waals surface area contributed by atoms with Crippen LogP contribution in [-0.2, 0) is 0 Å². The molecular formula is C9H10N2S2. The second-order valence-corrected chi connectivity index (χ2v) is 3.50. The standard InChI is InChI=1S/C9H10N2S2/c1-6(7(2)12)9(13)8-5-10-3-4-11-8/h3-5,12-13H,2H2,1H3/b9-6-. The van der Waals surface area contributed by atoms with Crippen LogP contribution in [0.3, 0.4) is 0 Å². The topological polar surface area (TPSA) is 25.8 Å². The molecule has 0 aliphatic carbocycles. The van der Waals surface area contributed by atoms with Crippen molar-refractivity contribution >= 4 is 30.2 Å². The first-order valence-corrected chi connectivity index (χ1v) is 4.57. The van der Waals surface area contributed by atoms with Gasteiger partial charge in [-0.1, -0.05) is 6.58 Å². The van der Waals surface area contributed by atoms with Gasteiger partial charge < -0.3 is 0 Å². The Morgan fingerprint density at radius 1 is 1.38 bits per heavy atom. The van der Waals surface area contributed by atoms with Crippen molar-refractivity contribution in [1.29, 1.82) is 0 Å². The van der Waals surface area contributed by atoms with Crippen molar-refractivity contribution in [2.24, 2.45) is 0 Å². The van der Waals surface area contributed by atoms with Crippen LogP contribution >= 0.6 is 25.3 Å². The molecule has 0 fully saturated rings. The second kappa shape index (κ2) is 4.48. The molecule has 0 spiro atoms. The first kappa shape index (κ1) is 10.3. The van der Waals surface area contributed by atoms with E-state index in [9.17, 15) is 0 Å². The van der Waals surface area contributed by atoms with Crippen LogP contribution in [0.15, 0.2) is 35.6 Å². The summed E-state index contributed by atoms with van der Waals surface area (Å²) in [6, 6.07) is 0. The molecule has 0 saturated carbocycles. The summed E-state index contributed by atoms with van der Waals surface area (Å²) in [6.45, 7) is 5.61. The molecule has 1 rings (SSSR count). The van der Waals surface area contributed by atoms with E-state index in [0.717, 1.165) is 16.2 Å². The molecule has 2 nitrogen and oxygen atoms in total. The van der Waals surface area contributed by atoms with E-state index in [1.807, 2.05) is 6.92 Å². The molecule has 0 amide bonds. The molecular weight excluding hydrogens is 200 g/mol. The Bertz CT molecular complexity index is 344. The largest absolute Gasteiger partial charge is 0.261 e. The third-order valence-corrected chi connectivity index (χ3v) is 2.49. The molecule has 0 saturated heterocycles. The molecule has 0 bridgehead atoms. The molecule has 0 aliphatic heterocycles. The van der Waals surface area contributed by atoms with Gasteiger partial charge in [0.15, 0.2) is 0 Å². The highest BCUT2D eigenvalue weighted by atomic mass is 32.1. The Labute approximate surface area is 88.6 Å². The predicted octanol–water partition coefficient (Wildman–Crippen LogP) is 2.58. The van der Waals surface area contributed by atoms with E-state index in [0.29, 0.717) is 4.91 Å². The summed E-state index contributed by atoms with van der Waals surface area (Å²) in [6.07, 6.45) is 4.90. The molecule has 0 N–H and O–H groups in total. The molecule has 1 aromatic heterocycles. The Hall–Kier alpha value is -0.740. The molecule has 0 atom stereocenters. The van der Waals surface area contributed by atoms with Crippen molar-refractivity contribution in [3.05, 3.63) is 41.3 Å². The van der Waals surface area contributed by atoms with Gasteiger partial charge in [-0.05, 0) is 12.5 Å². The van der Waals surface area contributed by atoms with Gasteiger partial charge >= 0.3 is 0 Å². The lowest BCUT2D eigenvalue weighted by atomic mass is 10.2. The van der Waals surface area contributed by atoms with E-state index in [4.69, 9.17) is 0 Å². The molecule has 68 valence electrons. The zero-order chi connectivity index (χ0) is 9.84. The number of aromatic nitrogens is 2. The van der Waals surface area contributed by atoms with Gasteiger partial charge in [0.1, 0.15) is 0 Å². The van der Waals surface area contributed by atoms with Gasteiger partial charge in [0, 0.05) is 22.2 Å². The van der Waals surface area contributed by atoms with Crippen LogP contribution < -0.4 is 0 Å².